The molecule has 2 N–H and O–H groups in total. The highest BCUT2D eigenvalue weighted by Gasteiger charge is 2.22. The van der Waals surface area contributed by atoms with Gasteiger partial charge in [0.05, 0.1) is 6.54 Å². The Labute approximate surface area is 114 Å². The van der Waals surface area contributed by atoms with Gasteiger partial charge in [-0.1, -0.05) is 0 Å². The Hall–Kier alpha value is -1.14. The zero-order valence-electron chi connectivity index (χ0n) is 12.1. The molecular formula is C13H25N3O3. The summed E-state index contributed by atoms with van der Waals surface area (Å²) < 4.78 is 0. The van der Waals surface area contributed by atoms with E-state index in [9.17, 15) is 9.59 Å². The molecule has 0 aromatic carbocycles. The van der Waals surface area contributed by atoms with E-state index >= 15 is 0 Å². The number of amides is 2. The number of hydrogen-bond acceptors (Lipinski definition) is 4. The van der Waals surface area contributed by atoms with E-state index in [1.54, 1.807) is 21.0 Å². The van der Waals surface area contributed by atoms with Crippen molar-refractivity contribution in [2.75, 3.05) is 40.3 Å². The van der Waals surface area contributed by atoms with Crippen LogP contribution < -0.4 is 5.32 Å². The Balaban J connectivity index is 2.30. The fourth-order valence-electron chi connectivity index (χ4n) is 2.27. The Bertz CT molecular complexity index is 312. The van der Waals surface area contributed by atoms with Crippen LogP contribution in [0.3, 0.4) is 0 Å². The molecule has 19 heavy (non-hydrogen) atoms. The van der Waals surface area contributed by atoms with E-state index in [4.69, 9.17) is 5.11 Å². The molecule has 1 unspecified atom stereocenters. The second-order valence-electron chi connectivity index (χ2n) is 5.42. The van der Waals surface area contributed by atoms with Crippen LogP contribution in [0.25, 0.3) is 0 Å². The van der Waals surface area contributed by atoms with Crippen molar-refractivity contribution in [1.82, 2.24) is 15.1 Å². The number of nitrogens with one attached hydrogen (secondary N) is 1. The van der Waals surface area contributed by atoms with Crippen LogP contribution in [0.5, 0.6) is 0 Å². The average molecular weight is 271 g/mol. The van der Waals surface area contributed by atoms with Crippen LogP contribution in [0, 0.1) is 5.92 Å². The summed E-state index contributed by atoms with van der Waals surface area (Å²) in [5.74, 6) is 0.144. The number of hydrogen-bond donors (Lipinski definition) is 2. The van der Waals surface area contributed by atoms with Crippen LogP contribution in [0.4, 0.5) is 0 Å². The highest BCUT2D eigenvalue weighted by atomic mass is 16.3. The molecule has 0 spiro atoms. The molecule has 0 bridgehead atoms. The maximum absolute atomic E-state index is 11.8. The van der Waals surface area contributed by atoms with E-state index in [1.165, 1.54) is 4.90 Å². The van der Waals surface area contributed by atoms with Crippen molar-refractivity contribution >= 4 is 11.8 Å². The van der Waals surface area contributed by atoms with Gasteiger partial charge in [-0.2, -0.15) is 0 Å². The second kappa shape index (κ2) is 7.45. The van der Waals surface area contributed by atoms with Crippen molar-refractivity contribution in [2.24, 2.45) is 5.92 Å². The molecule has 2 amide bonds. The molecule has 0 radical (unpaired) electrons. The van der Waals surface area contributed by atoms with Gasteiger partial charge in [0, 0.05) is 20.7 Å². The topological polar surface area (TPSA) is 72.9 Å². The van der Waals surface area contributed by atoms with E-state index < -0.39 is 6.04 Å². The second-order valence-corrected chi connectivity index (χ2v) is 5.42. The maximum Gasteiger partial charge on any atom is 0.244 e. The molecule has 1 fully saturated rings. The molecule has 1 rings (SSSR count). The van der Waals surface area contributed by atoms with E-state index in [0.717, 1.165) is 25.9 Å². The maximum atomic E-state index is 11.8. The lowest BCUT2D eigenvalue weighted by Gasteiger charge is -2.30. The number of aliphatic hydroxyl groups excluding tert-OH is 1. The number of carbonyl (C=O) groups is 2. The molecule has 0 aliphatic carbocycles. The summed E-state index contributed by atoms with van der Waals surface area (Å²) in [6.45, 7) is 3.90. The Kier molecular flexibility index (Phi) is 6.24. The van der Waals surface area contributed by atoms with Gasteiger partial charge < -0.3 is 15.3 Å². The van der Waals surface area contributed by atoms with Gasteiger partial charge in [0.2, 0.25) is 11.8 Å². The van der Waals surface area contributed by atoms with E-state index in [1.807, 2.05) is 0 Å². The predicted molar refractivity (Wildman–Crippen MR) is 72.5 cm³/mol. The summed E-state index contributed by atoms with van der Waals surface area (Å²) in [4.78, 5) is 27.0. The summed E-state index contributed by atoms with van der Waals surface area (Å²) in [5.41, 5.74) is 0. The highest BCUT2D eigenvalue weighted by Crippen LogP contribution is 2.15. The fraction of sp³-hybridized carbons (Fsp3) is 0.846. The minimum Gasteiger partial charge on any atom is -0.396 e. The van der Waals surface area contributed by atoms with Gasteiger partial charge in [0.1, 0.15) is 6.04 Å². The fourth-order valence-corrected chi connectivity index (χ4v) is 2.27. The number of piperidine rings is 1. The van der Waals surface area contributed by atoms with Gasteiger partial charge in [-0.3, -0.25) is 14.5 Å². The molecule has 1 heterocycles. The summed E-state index contributed by atoms with van der Waals surface area (Å²) in [6, 6.07) is -0.488. The SMILES string of the molecule is CC(NC(=O)CN1CCC(CO)CC1)C(=O)N(C)C. The summed E-state index contributed by atoms with van der Waals surface area (Å²) in [6.07, 6.45) is 1.85. The highest BCUT2D eigenvalue weighted by molar-refractivity contribution is 5.87. The third-order valence-electron chi connectivity index (χ3n) is 3.52. The van der Waals surface area contributed by atoms with Gasteiger partial charge in [0.15, 0.2) is 0 Å². The minimum atomic E-state index is -0.488. The van der Waals surface area contributed by atoms with Crippen LogP contribution in [0.1, 0.15) is 19.8 Å². The van der Waals surface area contributed by atoms with Crippen LogP contribution in [0.15, 0.2) is 0 Å². The smallest absolute Gasteiger partial charge is 0.244 e. The van der Waals surface area contributed by atoms with Crippen LogP contribution >= 0.6 is 0 Å². The Morgan fingerprint density at radius 2 is 1.95 bits per heavy atom. The Morgan fingerprint density at radius 3 is 2.42 bits per heavy atom. The van der Waals surface area contributed by atoms with Crippen LogP contribution in [-0.2, 0) is 9.59 Å². The normalized spacial score (nSPS) is 18.9. The third kappa shape index (κ3) is 5.16. The molecule has 6 nitrogen and oxygen atoms in total. The number of nitrogens with zero attached hydrogens (tertiary/aromatic N) is 2. The average Bonchev–Trinajstić information content (AvgIpc) is 2.38. The monoisotopic (exact) mass is 271 g/mol. The van der Waals surface area contributed by atoms with E-state index in [-0.39, 0.29) is 18.4 Å². The van der Waals surface area contributed by atoms with Gasteiger partial charge in [-0.15, -0.1) is 0 Å². The van der Waals surface area contributed by atoms with Gasteiger partial charge in [-0.25, -0.2) is 0 Å². The van der Waals surface area contributed by atoms with Gasteiger partial charge >= 0.3 is 0 Å². The number of likely N-dealkylation sites (N-methyl/N-ethyl adjacent to an activating group) is 1. The first-order valence-electron chi connectivity index (χ1n) is 6.77. The lowest BCUT2D eigenvalue weighted by atomic mass is 9.98. The predicted octanol–water partition coefficient (Wildman–Crippen LogP) is -0.716. The number of rotatable bonds is 5. The summed E-state index contributed by atoms with van der Waals surface area (Å²) in [5, 5.41) is 11.8. The molecule has 1 saturated heterocycles. The first-order valence-corrected chi connectivity index (χ1v) is 6.77. The van der Waals surface area contributed by atoms with Crippen molar-refractivity contribution in [3.8, 4) is 0 Å². The van der Waals surface area contributed by atoms with Crippen molar-refractivity contribution in [3.63, 3.8) is 0 Å². The molecular weight excluding hydrogens is 246 g/mol. The zero-order chi connectivity index (χ0) is 14.4. The largest absolute Gasteiger partial charge is 0.396 e. The van der Waals surface area contributed by atoms with Crippen molar-refractivity contribution in [2.45, 2.75) is 25.8 Å². The molecule has 0 aromatic rings. The molecule has 0 saturated carbocycles. The number of likely N-dealkylation sites (tertiary alicyclic amines) is 1. The lowest BCUT2D eigenvalue weighted by Crippen LogP contribution is -2.48. The first kappa shape index (κ1) is 15.9. The standard InChI is InChI=1S/C13H25N3O3/c1-10(13(19)15(2)3)14-12(18)8-16-6-4-11(9-17)5-7-16/h10-11,17H,4-9H2,1-3H3,(H,14,18). The molecule has 0 aromatic heterocycles. The van der Waals surface area contributed by atoms with E-state index in [0.29, 0.717) is 12.5 Å². The number of aliphatic hydroxyl groups is 1. The molecule has 1 aliphatic rings. The zero-order valence-corrected chi connectivity index (χ0v) is 12.1. The first-order chi connectivity index (χ1) is 8.93. The van der Waals surface area contributed by atoms with Crippen LogP contribution in [-0.4, -0.2) is 73.1 Å². The quantitative estimate of drug-likeness (QED) is 0.692. The molecule has 1 atom stereocenters. The van der Waals surface area contributed by atoms with E-state index in [2.05, 4.69) is 10.2 Å². The van der Waals surface area contributed by atoms with Crippen LogP contribution in [0.2, 0.25) is 0 Å². The van der Waals surface area contributed by atoms with Gasteiger partial charge in [0.25, 0.3) is 0 Å². The summed E-state index contributed by atoms with van der Waals surface area (Å²) >= 11 is 0. The Morgan fingerprint density at radius 1 is 1.37 bits per heavy atom. The number of carbonyl (C=O) groups excluding carboxylic acids is 2. The van der Waals surface area contributed by atoms with Crippen molar-refractivity contribution in [1.29, 1.82) is 0 Å². The van der Waals surface area contributed by atoms with Crippen molar-refractivity contribution < 1.29 is 14.7 Å². The van der Waals surface area contributed by atoms with Crippen molar-refractivity contribution in [3.05, 3.63) is 0 Å². The summed E-state index contributed by atoms with van der Waals surface area (Å²) in [7, 11) is 3.34. The third-order valence-corrected chi connectivity index (χ3v) is 3.52. The van der Waals surface area contributed by atoms with Gasteiger partial charge in [-0.05, 0) is 38.8 Å². The molecule has 6 heteroatoms. The minimum absolute atomic E-state index is 0.104. The molecule has 1 aliphatic heterocycles. The lowest BCUT2D eigenvalue weighted by molar-refractivity contribution is -0.134. The molecule has 110 valence electrons.